The van der Waals surface area contributed by atoms with Crippen molar-refractivity contribution in [2.75, 3.05) is 13.2 Å². The number of ether oxygens (including phenoxy) is 1. The van der Waals surface area contributed by atoms with Gasteiger partial charge in [0.2, 0.25) is 0 Å². The molecule has 3 rings (SSSR count). The standard InChI is InChI=1S/C16H17ClN2O3/c17-12-4-5-13(15-11(12)3-1-8-18-15)22-9-14(20)19-10-16(21)6-2-7-16/h1,3-5,8,21H,2,6-7,9-10H2,(H,19,20). The fourth-order valence-corrected chi connectivity index (χ4v) is 2.66. The molecule has 1 heterocycles. The molecule has 0 bridgehead atoms. The van der Waals surface area contributed by atoms with Gasteiger partial charge in [-0.05, 0) is 43.5 Å². The number of rotatable bonds is 5. The summed E-state index contributed by atoms with van der Waals surface area (Å²) in [4.78, 5) is 16.1. The molecule has 116 valence electrons. The van der Waals surface area contributed by atoms with Gasteiger partial charge in [-0.25, -0.2) is 0 Å². The number of aromatic nitrogens is 1. The molecule has 0 saturated heterocycles. The average Bonchev–Trinajstić information content (AvgIpc) is 2.51. The van der Waals surface area contributed by atoms with Gasteiger partial charge in [0.1, 0.15) is 11.3 Å². The van der Waals surface area contributed by atoms with Crippen LogP contribution in [-0.2, 0) is 4.79 Å². The molecule has 0 spiro atoms. The van der Waals surface area contributed by atoms with Crippen LogP contribution in [0.25, 0.3) is 10.9 Å². The zero-order valence-electron chi connectivity index (χ0n) is 12.0. The summed E-state index contributed by atoms with van der Waals surface area (Å²) in [6, 6.07) is 7.06. The lowest BCUT2D eigenvalue weighted by Crippen LogP contribution is -2.48. The van der Waals surface area contributed by atoms with Gasteiger partial charge in [-0.1, -0.05) is 11.6 Å². The minimum atomic E-state index is -0.732. The first kappa shape index (κ1) is 15.1. The van der Waals surface area contributed by atoms with Crippen LogP contribution in [0.1, 0.15) is 19.3 Å². The Hall–Kier alpha value is -1.85. The highest BCUT2D eigenvalue weighted by Crippen LogP contribution is 2.31. The molecule has 5 nitrogen and oxygen atoms in total. The highest BCUT2D eigenvalue weighted by molar-refractivity contribution is 6.35. The van der Waals surface area contributed by atoms with Crippen LogP contribution in [0.15, 0.2) is 30.5 Å². The van der Waals surface area contributed by atoms with Crippen molar-refractivity contribution in [3.05, 3.63) is 35.5 Å². The van der Waals surface area contributed by atoms with E-state index in [0.717, 1.165) is 24.6 Å². The number of amides is 1. The second-order valence-corrected chi connectivity index (χ2v) is 6.00. The topological polar surface area (TPSA) is 71.5 Å². The molecule has 22 heavy (non-hydrogen) atoms. The van der Waals surface area contributed by atoms with Gasteiger partial charge in [0.05, 0.1) is 10.6 Å². The Balaban J connectivity index is 1.61. The van der Waals surface area contributed by atoms with Crippen LogP contribution in [0.2, 0.25) is 5.02 Å². The number of hydrogen-bond donors (Lipinski definition) is 2. The van der Waals surface area contributed by atoms with Crippen LogP contribution in [-0.4, -0.2) is 34.8 Å². The molecule has 1 aliphatic rings. The normalized spacial score (nSPS) is 16.1. The fourth-order valence-electron chi connectivity index (χ4n) is 2.45. The Kier molecular flexibility index (Phi) is 4.18. The van der Waals surface area contributed by atoms with E-state index in [9.17, 15) is 9.90 Å². The zero-order valence-corrected chi connectivity index (χ0v) is 12.8. The van der Waals surface area contributed by atoms with Crippen molar-refractivity contribution in [1.29, 1.82) is 0 Å². The van der Waals surface area contributed by atoms with E-state index in [2.05, 4.69) is 10.3 Å². The fraction of sp³-hybridized carbons (Fsp3) is 0.375. The van der Waals surface area contributed by atoms with Crippen LogP contribution in [0.3, 0.4) is 0 Å². The number of nitrogens with one attached hydrogen (secondary N) is 1. The smallest absolute Gasteiger partial charge is 0.258 e. The maximum absolute atomic E-state index is 11.8. The number of benzene rings is 1. The summed E-state index contributed by atoms with van der Waals surface area (Å²) in [5.41, 5.74) is -0.107. The number of fused-ring (bicyclic) bond motifs is 1. The van der Waals surface area contributed by atoms with Crippen LogP contribution in [0.4, 0.5) is 0 Å². The summed E-state index contributed by atoms with van der Waals surface area (Å²) in [6.07, 6.45) is 4.13. The highest BCUT2D eigenvalue weighted by Gasteiger charge is 2.34. The Labute approximate surface area is 133 Å². The molecule has 0 aliphatic heterocycles. The summed E-state index contributed by atoms with van der Waals surface area (Å²) in [6.45, 7) is 0.151. The van der Waals surface area contributed by atoms with E-state index in [1.807, 2.05) is 6.07 Å². The number of carbonyl (C=O) groups is 1. The minimum Gasteiger partial charge on any atom is -0.481 e. The summed E-state index contributed by atoms with van der Waals surface area (Å²) in [7, 11) is 0. The van der Waals surface area contributed by atoms with Crippen molar-refractivity contribution < 1.29 is 14.6 Å². The van der Waals surface area contributed by atoms with Crippen LogP contribution in [0.5, 0.6) is 5.75 Å². The lowest BCUT2D eigenvalue weighted by atomic mass is 9.80. The second kappa shape index (κ2) is 6.10. The zero-order chi connectivity index (χ0) is 15.6. The van der Waals surface area contributed by atoms with Crippen LogP contribution in [0, 0.1) is 0 Å². The average molecular weight is 321 g/mol. The monoisotopic (exact) mass is 320 g/mol. The Bertz CT molecular complexity index is 701. The van der Waals surface area contributed by atoms with Crippen LogP contribution < -0.4 is 10.1 Å². The molecular formula is C16H17ClN2O3. The summed E-state index contributed by atoms with van der Waals surface area (Å²) in [5.74, 6) is 0.247. The third-order valence-corrected chi connectivity index (χ3v) is 4.27. The van der Waals surface area contributed by atoms with E-state index in [-0.39, 0.29) is 19.1 Å². The highest BCUT2D eigenvalue weighted by atomic mass is 35.5. The molecule has 1 aromatic heterocycles. The van der Waals surface area contributed by atoms with Gasteiger partial charge in [-0.2, -0.15) is 0 Å². The largest absolute Gasteiger partial charge is 0.481 e. The first-order chi connectivity index (χ1) is 10.6. The first-order valence-corrected chi connectivity index (χ1v) is 7.60. The molecule has 1 aromatic carbocycles. The van der Waals surface area contributed by atoms with Crippen molar-refractivity contribution in [2.45, 2.75) is 24.9 Å². The van der Waals surface area contributed by atoms with E-state index < -0.39 is 5.60 Å². The molecule has 1 saturated carbocycles. The molecule has 0 radical (unpaired) electrons. The third-order valence-electron chi connectivity index (χ3n) is 3.94. The Morgan fingerprint density at radius 3 is 2.95 bits per heavy atom. The number of halogens is 1. The maximum Gasteiger partial charge on any atom is 0.258 e. The summed E-state index contributed by atoms with van der Waals surface area (Å²) < 4.78 is 5.54. The van der Waals surface area contributed by atoms with Gasteiger partial charge in [0.15, 0.2) is 6.61 Å². The van der Waals surface area contributed by atoms with Gasteiger partial charge < -0.3 is 15.2 Å². The molecule has 2 aromatic rings. The lowest BCUT2D eigenvalue weighted by molar-refractivity contribution is -0.125. The first-order valence-electron chi connectivity index (χ1n) is 7.23. The van der Waals surface area contributed by atoms with Gasteiger partial charge in [0, 0.05) is 18.1 Å². The molecule has 1 amide bonds. The van der Waals surface area contributed by atoms with E-state index in [1.54, 1.807) is 24.4 Å². The summed E-state index contributed by atoms with van der Waals surface area (Å²) >= 11 is 6.11. The van der Waals surface area contributed by atoms with Crippen molar-refractivity contribution >= 4 is 28.4 Å². The summed E-state index contributed by atoms with van der Waals surface area (Å²) in [5, 5.41) is 14.0. The van der Waals surface area contributed by atoms with Gasteiger partial charge in [-0.3, -0.25) is 9.78 Å². The van der Waals surface area contributed by atoms with Gasteiger partial charge in [0.25, 0.3) is 5.91 Å². The van der Waals surface area contributed by atoms with E-state index in [1.165, 1.54) is 0 Å². The van der Waals surface area contributed by atoms with E-state index >= 15 is 0 Å². The van der Waals surface area contributed by atoms with Gasteiger partial charge >= 0.3 is 0 Å². The number of aliphatic hydroxyl groups is 1. The Morgan fingerprint density at radius 1 is 1.41 bits per heavy atom. The quantitative estimate of drug-likeness (QED) is 0.886. The SMILES string of the molecule is O=C(COc1ccc(Cl)c2cccnc12)NCC1(O)CCC1. The number of carbonyl (C=O) groups excluding carboxylic acids is 1. The molecule has 1 aliphatic carbocycles. The molecule has 1 fully saturated rings. The van der Waals surface area contributed by atoms with Crippen molar-refractivity contribution in [3.8, 4) is 5.75 Å². The van der Waals surface area contributed by atoms with E-state index in [4.69, 9.17) is 16.3 Å². The Morgan fingerprint density at radius 2 is 2.23 bits per heavy atom. The molecule has 6 heteroatoms. The number of pyridine rings is 1. The van der Waals surface area contributed by atoms with Crippen molar-refractivity contribution in [2.24, 2.45) is 0 Å². The second-order valence-electron chi connectivity index (χ2n) is 5.59. The predicted molar refractivity (Wildman–Crippen MR) is 84.1 cm³/mol. The van der Waals surface area contributed by atoms with Crippen molar-refractivity contribution in [1.82, 2.24) is 10.3 Å². The van der Waals surface area contributed by atoms with Crippen molar-refractivity contribution in [3.63, 3.8) is 0 Å². The number of nitrogens with zero attached hydrogens (tertiary/aromatic N) is 1. The maximum atomic E-state index is 11.8. The third kappa shape index (κ3) is 3.15. The molecular weight excluding hydrogens is 304 g/mol. The molecule has 0 unspecified atom stereocenters. The number of hydrogen-bond acceptors (Lipinski definition) is 4. The van der Waals surface area contributed by atoms with Gasteiger partial charge in [-0.15, -0.1) is 0 Å². The molecule has 2 N–H and O–H groups in total. The molecule has 0 atom stereocenters. The van der Waals surface area contributed by atoms with E-state index in [0.29, 0.717) is 16.3 Å². The minimum absolute atomic E-state index is 0.122. The lowest BCUT2D eigenvalue weighted by Gasteiger charge is -2.36. The van der Waals surface area contributed by atoms with Crippen LogP contribution >= 0.6 is 11.6 Å². The predicted octanol–water partition coefficient (Wildman–Crippen LogP) is 2.30.